The number of likely N-dealkylation sites (tertiary alicyclic amines) is 2. The smallest absolute Gasteiger partial charge is 0.229 e. The first-order valence-electron chi connectivity index (χ1n) is 6.91. The summed E-state index contributed by atoms with van der Waals surface area (Å²) in [6.45, 7) is 4.68. The number of nitrogens with zero attached hydrogens (tertiary/aromatic N) is 2. The van der Waals surface area contributed by atoms with Gasteiger partial charge in [0, 0.05) is 25.9 Å². The highest BCUT2D eigenvalue weighted by molar-refractivity contribution is 6.01. The van der Waals surface area contributed by atoms with E-state index in [-0.39, 0.29) is 24.2 Å². The average Bonchev–Trinajstić information content (AvgIpc) is 2.69. The zero-order valence-electron chi connectivity index (χ0n) is 11.6. The van der Waals surface area contributed by atoms with Crippen LogP contribution in [0.1, 0.15) is 25.7 Å². The van der Waals surface area contributed by atoms with Crippen molar-refractivity contribution >= 4 is 24.2 Å². The molecule has 0 atom stereocenters. The third-order valence-electron chi connectivity index (χ3n) is 3.99. The molecule has 5 nitrogen and oxygen atoms in total. The van der Waals surface area contributed by atoms with Crippen LogP contribution in [-0.4, -0.2) is 61.4 Å². The summed E-state index contributed by atoms with van der Waals surface area (Å²) in [6, 6.07) is 0. The zero-order valence-corrected chi connectivity index (χ0v) is 12.4. The van der Waals surface area contributed by atoms with E-state index in [1.165, 1.54) is 17.7 Å². The Morgan fingerprint density at radius 3 is 2.21 bits per heavy atom. The molecule has 0 aromatic heterocycles. The summed E-state index contributed by atoms with van der Waals surface area (Å²) in [5, 5.41) is 3.22. The Hall–Kier alpha value is -0.650. The number of imide groups is 1. The standard InChI is InChI=1S/C13H23N3O2.ClH/c1-14-10-11-4-6-15(7-5-11)8-9-16-12(17)2-3-13(16)18;/h11,14H,2-10H2,1H3;1H. The molecule has 0 aromatic carbocycles. The van der Waals surface area contributed by atoms with Crippen LogP contribution in [-0.2, 0) is 9.59 Å². The monoisotopic (exact) mass is 289 g/mol. The van der Waals surface area contributed by atoms with Crippen LogP contribution in [0.15, 0.2) is 0 Å². The van der Waals surface area contributed by atoms with Crippen molar-refractivity contribution in [3.8, 4) is 0 Å². The topological polar surface area (TPSA) is 52.6 Å². The molecule has 2 amide bonds. The van der Waals surface area contributed by atoms with Crippen molar-refractivity contribution in [3.63, 3.8) is 0 Å². The second kappa shape index (κ2) is 7.82. The maximum Gasteiger partial charge on any atom is 0.229 e. The molecule has 0 radical (unpaired) electrons. The summed E-state index contributed by atoms with van der Waals surface area (Å²) in [6.07, 6.45) is 3.23. The fourth-order valence-electron chi connectivity index (χ4n) is 2.82. The number of hydrogen-bond acceptors (Lipinski definition) is 4. The van der Waals surface area contributed by atoms with Crippen molar-refractivity contribution in [2.24, 2.45) is 5.92 Å². The number of piperidine rings is 1. The van der Waals surface area contributed by atoms with Crippen LogP contribution in [0.5, 0.6) is 0 Å². The van der Waals surface area contributed by atoms with Crippen LogP contribution >= 0.6 is 12.4 Å². The second-order valence-electron chi connectivity index (χ2n) is 5.28. The van der Waals surface area contributed by atoms with Crippen LogP contribution in [0, 0.1) is 5.92 Å². The number of hydrogen-bond donors (Lipinski definition) is 1. The number of amides is 2. The van der Waals surface area contributed by atoms with Gasteiger partial charge >= 0.3 is 0 Å². The minimum Gasteiger partial charge on any atom is -0.319 e. The van der Waals surface area contributed by atoms with Crippen molar-refractivity contribution in [3.05, 3.63) is 0 Å². The van der Waals surface area contributed by atoms with Crippen LogP contribution < -0.4 is 5.32 Å². The number of rotatable bonds is 5. The van der Waals surface area contributed by atoms with E-state index < -0.39 is 0 Å². The van der Waals surface area contributed by atoms with Gasteiger partial charge < -0.3 is 10.2 Å². The summed E-state index contributed by atoms with van der Waals surface area (Å²) in [5.74, 6) is 0.788. The van der Waals surface area contributed by atoms with E-state index in [2.05, 4.69) is 10.2 Å². The lowest BCUT2D eigenvalue weighted by Crippen LogP contribution is -2.42. The Labute approximate surface area is 121 Å². The average molecular weight is 290 g/mol. The second-order valence-corrected chi connectivity index (χ2v) is 5.28. The van der Waals surface area contributed by atoms with Gasteiger partial charge in [0.25, 0.3) is 0 Å². The summed E-state index contributed by atoms with van der Waals surface area (Å²) < 4.78 is 0. The number of carbonyl (C=O) groups is 2. The Morgan fingerprint density at radius 2 is 1.68 bits per heavy atom. The van der Waals surface area contributed by atoms with Gasteiger partial charge in [-0.25, -0.2) is 0 Å². The van der Waals surface area contributed by atoms with Crippen LogP contribution in [0.2, 0.25) is 0 Å². The number of nitrogens with one attached hydrogen (secondary N) is 1. The number of halogens is 1. The summed E-state index contributed by atoms with van der Waals surface area (Å²) in [7, 11) is 2.00. The van der Waals surface area contributed by atoms with E-state index in [1.54, 1.807) is 0 Å². The van der Waals surface area contributed by atoms with E-state index in [1.807, 2.05) is 7.05 Å². The molecule has 19 heavy (non-hydrogen) atoms. The van der Waals surface area contributed by atoms with Gasteiger partial charge in [-0.2, -0.15) is 0 Å². The lowest BCUT2D eigenvalue weighted by atomic mass is 9.97. The van der Waals surface area contributed by atoms with E-state index in [4.69, 9.17) is 0 Å². The Bertz CT molecular complexity index is 301. The van der Waals surface area contributed by atoms with Crippen LogP contribution in [0.4, 0.5) is 0 Å². The fraction of sp³-hybridized carbons (Fsp3) is 0.846. The summed E-state index contributed by atoms with van der Waals surface area (Å²) in [5.41, 5.74) is 0. The Morgan fingerprint density at radius 1 is 1.11 bits per heavy atom. The first kappa shape index (κ1) is 16.4. The van der Waals surface area contributed by atoms with Crippen LogP contribution in [0.25, 0.3) is 0 Å². The van der Waals surface area contributed by atoms with Crippen molar-refractivity contribution in [2.75, 3.05) is 39.8 Å². The quantitative estimate of drug-likeness (QED) is 0.749. The third kappa shape index (κ3) is 4.44. The molecule has 0 spiro atoms. The normalized spacial score (nSPS) is 21.8. The van der Waals surface area contributed by atoms with Crippen LogP contribution in [0.3, 0.4) is 0 Å². The molecule has 0 aromatic rings. The van der Waals surface area contributed by atoms with Gasteiger partial charge in [0.05, 0.1) is 0 Å². The molecule has 1 N–H and O–H groups in total. The SMILES string of the molecule is CNCC1CCN(CCN2C(=O)CCC2=O)CC1.Cl. The lowest BCUT2D eigenvalue weighted by Gasteiger charge is -2.32. The van der Waals surface area contributed by atoms with Gasteiger partial charge in [0.1, 0.15) is 0 Å². The molecule has 2 heterocycles. The van der Waals surface area contributed by atoms with Gasteiger partial charge in [-0.3, -0.25) is 14.5 Å². The highest BCUT2D eigenvalue weighted by atomic mass is 35.5. The fourth-order valence-corrected chi connectivity index (χ4v) is 2.82. The molecule has 6 heteroatoms. The first-order chi connectivity index (χ1) is 8.70. The summed E-state index contributed by atoms with van der Waals surface area (Å²) >= 11 is 0. The zero-order chi connectivity index (χ0) is 13.0. The highest BCUT2D eigenvalue weighted by Gasteiger charge is 2.29. The van der Waals surface area contributed by atoms with Crippen molar-refractivity contribution < 1.29 is 9.59 Å². The van der Waals surface area contributed by atoms with Crippen molar-refractivity contribution in [1.82, 2.24) is 15.1 Å². The third-order valence-corrected chi connectivity index (χ3v) is 3.99. The molecule has 2 aliphatic heterocycles. The first-order valence-corrected chi connectivity index (χ1v) is 6.91. The van der Waals surface area contributed by atoms with E-state index in [9.17, 15) is 9.59 Å². The van der Waals surface area contributed by atoms with Crippen molar-refractivity contribution in [2.45, 2.75) is 25.7 Å². The van der Waals surface area contributed by atoms with Gasteiger partial charge in [0.15, 0.2) is 0 Å². The molecule has 0 unspecified atom stereocenters. The molecular weight excluding hydrogens is 266 g/mol. The largest absolute Gasteiger partial charge is 0.319 e. The van der Waals surface area contributed by atoms with Gasteiger partial charge in [-0.05, 0) is 45.4 Å². The Kier molecular flexibility index (Phi) is 6.75. The number of carbonyl (C=O) groups excluding carboxylic acids is 2. The van der Waals surface area contributed by atoms with Crippen molar-refractivity contribution in [1.29, 1.82) is 0 Å². The van der Waals surface area contributed by atoms with Gasteiger partial charge in [0.2, 0.25) is 11.8 Å². The minimum absolute atomic E-state index is 0. The molecule has 2 aliphatic rings. The molecular formula is C13H24ClN3O2. The Balaban J connectivity index is 0.00000180. The molecule has 0 aliphatic carbocycles. The van der Waals surface area contributed by atoms with E-state index in [0.717, 1.165) is 32.1 Å². The van der Waals surface area contributed by atoms with Gasteiger partial charge in [-0.1, -0.05) is 0 Å². The molecule has 0 saturated carbocycles. The van der Waals surface area contributed by atoms with E-state index >= 15 is 0 Å². The molecule has 110 valence electrons. The summed E-state index contributed by atoms with van der Waals surface area (Å²) in [4.78, 5) is 26.7. The lowest BCUT2D eigenvalue weighted by molar-refractivity contribution is -0.138. The van der Waals surface area contributed by atoms with Gasteiger partial charge in [-0.15, -0.1) is 12.4 Å². The van der Waals surface area contributed by atoms with E-state index in [0.29, 0.717) is 19.4 Å². The predicted molar refractivity (Wildman–Crippen MR) is 76.3 cm³/mol. The molecule has 2 saturated heterocycles. The predicted octanol–water partition coefficient (Wildman–Crippen LogP) is 0.489. The minimum atomic E-state index is 0. The maximum absolute atomic E-state index is 11.5. The maximum atomic E-state index is 11.5. The molecule has 0 bridgehead atoms. The highest BCUT2D eigenvalue weighted by Crippen LogP contribution is 2.17. The molecule has 2 rings (SSSR count). The molecule has 2 fully saturated rings.